The van der Waals surface area contributed by atoms with Crippen molar-refractivity contribution in [2.45, 2.75) is 32.6 Å². The van der Waals surface area contributed by atoms with Crippen LogP contribution < -0.4 is 5.43 Å². The summed E-state index contributed by atoms with van der Waals surface area (Å²) in [6, 6.07) is 13.6. The van der Waals surface area contributed by atoms with E-state index in [4.69, 9.17) is 0 Å². The second kappa shape index (κ2) is 6.98. The summed E-state index contributed by atoms with van der Waals surface area (Å²) in [6.07, 6.45) is 3.95. The van der Waals surface area contributed by atoms with Gasteiger partial charge in [-0.2, -0.15) is 5.10 Å². The highest BCUT2D eigenvalue weighted by molar-refractivity contribution is 5.95. The fourth-order valence-electron chi connectivity index (χ4n) is 2.38. The molecule has 4 nitrogen and oxygen atoms in total. The summed E-state index contributed by atoms with van der Waals surface area (Å²) in [4.78, 5) is 15.8. The van der Waals surface area contributed by atoms with E-state index in [2.05, 4.69) is 41.5 Å². The molecular weight excluding hydrogens is 274 g/mol. The molecule has 114 valence electrons. The van der Waals surface area contributed by atoms with Gasteiger partial charge in [-0.3, -0.25) is 9.78 Å². The fraction of sp³-hybridized carbons (Fsp3) is 0.278. The number of rotatable bonds is 5. The van der Waals surface area contributed by atoms with Crippen LogP contribution in [0, 0.1) is 0 Å². The van der Waals surface area contributed by atoms with Gasteiger partial charge in [0.05, 0.1) is 0 Å². The Morgan fingerprint density at radius 3 is 2.41 bits per heavy atom. The number of aromatic nitrogens is 1. The molecule has 0 bridgehead atoms. The molecule has 0 aliphatic carbocycles. The molecule has 0 fully saturated rings. The molecule has 4 heteroatoms. The van der Waals surface area contributed by atoms with Crippen LogP contribution in [0.25, 0.3) is 0 Å². The smallest absolute Gasteiger partial charge is 0.267 e. The van der Waals surface area contributed by atoms with Gasteiger partial charge in [-0.1, -0.05) is 44.2 Å². The molecule has 0 saturated carbocycles. The van der Waals surface area contributed by atoms with Crippen molar-refractivity contribution in [3.8, 4) is 0 Å². The third-order valence-electron chi connectivity index (χ3n) is 3.54. The first kappa shape index (κ1) is 15.9. The Kier molecular flexibility index (Phi) is 5.04. The van der Waals surface area contributed by atoms with Crippen molar-refractivity contribution < 1.29 is 4.79 Å². The Morgan fingerprint density at radius 1 is 1.14 bits per heavy atom. The van der Waals surface area contributed by atoms with Crippen LogP contribution in [0.1, 0.15) is 43.1 Å². The molecule has 1 amide bonds. The van der Waals surface area contributed by atoms with Gasteiger partial charge in [-0.05, 0) is 36.5 Å². The molecule has 2 rings (SSSR count). The topological polar surface area (TPSA) is 54.4 Å². The SMILES string of the molecule is C/C(CC(C)(C)c1ccccc1)=N/NC(=O)c1ccncc1. The van der Waals surface area contributed by atoms with E-state index in [-0.39, 0.29) is 11.3 Å². The zero-order chi connectivity index (χ0) is 16.0. The van der Waals surface area contributed by atoms with E-state index in [0.717, 1.165) is 12.1 Å². The van der Waals surface area contributed by atoms with E-state index in [1.807, 2.05) is 25.1 Å². The van der Waals surface area contributed by atoms with Crippen LogP contribution in [0.3, 0.4) is 0 Å². The summed E-state index contributed by atoms with van der Waals surface area (Å²) >= 11 is 0. The van der Waals surface area contributed by atoms with Crippen LogP contribution in [0.4, 0.5) is 0 Å². The number of hydrogen-bond acceptors (Lipinski definition) is 3. The first-order chi connectivity index (χ1) is 10.5. The second-order valence-corrected chi connectivity index (χ2v) is 5.95. The highest BCUT2D eigenvalue weighted by atomic mass is 16.2. The average molecular weight is 295 g/mol. The van der Waals surface area contributed by atoms with Crippen molar-refractivity contribution in [2.24, 2.45) is 5.10 Å². The zero-order valence-corrected chi connectivity index (χ0v) is 13.2. The molecule has 0 atom stereocenters. The molecule has 0 radical (unpaired) electrons. The van der Waals surface area contributed by atoms with Crippen LogP contribution in [-0.4, -0.2) is 16.6 Å². The lowest BCUT2D eigenvalue weighted by Crippen LogP contribution is -2.24. The molecule has 1 N–H and O–H groups in total. The highest BCUT2D eigenvalue weighted by Crippen LogP contribution is 2.27. The van der Waals surface area contributed by atoms with E-state index in [1.54, 1.807) is 24.5 Å². The monoisotopic (exact) mass is 295 g/mol. The Morgan fingerprint density at radius 2 is 1.77 bits per heavy atom. The van der Waals surface area contributed by atoms with E-state index < -0.39 is 0 Å². The largest absolute Gasteiger partial charge is 0.271 e. The Hall–Kier alpha value is -2.49. The van der Waals surface area contributed by atoms with E-state index in [9.17, 15) is 4.79 Å². The predicted molar refractivity (Wildman–Crippen MR) is 88.9 cm³/mol. The summed E-state index contributed by atoms with van der Waals surface area (Å²) in [7, 11) is 0. The van der Waals surface area contributed by atoms with Crippen molar-refractivity contribution in [2.75, 3.05) is 0 Å². The number of carbonyl (C=O) groups excluding carboxylic acids is 1. The standard InChI is InChI=1S/C18H21N3O/c1-14(13-18(2,3)16-7-5-4-6-8-16)20-21-17(22)15-9-11-19-12-10-15/h4-12H,13H2,1-3H3,(H,21,22)/b20-14-. The van der Waals surface area contributed by atoms with Gasteiger partial charge in [0.2, 0.25) is 0 Å². The van der Waals surface area contributed by atoms with Crippen molar-refractivity contribution in [1.29, 1.82) is 0 Å². The molecule has 0 aliphatic rings. The number of amides is 1. The third-order valence-corrected chi connectivity index (χ3v) is 3.54. The molecule has 0 spiro atoms. The number of hydrogen-bond donors (Lipinski definition) is 1. The van der Waals surface area contributed by atoms with E-state index in [0.29, 0.717) is 5.56 Å². The maximum absolute atomic E-state index is 11.9. The lowest BCUT2D eigenvalue weighted by molar-refractivity contribution is 0.0954. The highest BCUT2D eigenvalue weighted by Gasteiger charge is 2.21. The molecule has 0 saturated heterocycles. The second-order valence-electron chi connectivity index (χ2n) is 5.95. The van der Waals surface area contributed by atoms with Crippen molar-refractivity contribution >= 4 is 11.6 Å². The maximum Gasteiger partial charge on any atom is 0.271 e. The predicted octanol–water partition coefficient (Wildman–Crippen LogP) is 3.56. The van der Waals surface area contributed by atoms with Crippen molar-refractivity contribution in [3.05, 3.63) is 66.0 Å². The maximum atomic E-state index is 11.9. The fourth-order valence-corrected chi connectivity index (χ4v) is 2.38. The molecule has 0 aliphatic heterocycles. The average Bonchev–Trinajstić information content (AvgIpc) is 2.54. The lowest BCUT2D eigenvalue weighted by Gasteiger charge is -2.25. The molecule has 2 aromatic rings. The van der Waals surface area contributed by atoms with Crippen LogP contribution in [0.2, 0.25) is 0 Å². The van der Waals surface area contributed by atoms with Gasteiger partial charge >= 0.3 is 0 Å². The molecule has 1 aromatic carbocycles. The van der Waals surface area contributed by atoms with Crippen LogP contribution in [-0.2, 0) is 5.41 Å². The van der Waals surface area contributed by atoms with Crippen LogP contribution >= 0.6 is 0 Å². The minimum atomic E-state index is -0.223. The van der Waals surface area contributed by atoms with Crippen LogP contribution in [0.5, 0.6) is 0 Å². The van der Waals surface area contributed by atoms with E-state index in [1.165, 1.54) is 5.56 Å². The van der Waals surface area contributed by atoms with Gasteiger partial charge < -0.3 is 0 Å². The number of pyridine rings is 1. The van der Waals surface area contributed by atoms with Gasteiger partial charge in [0, 0.05) is 23.7 Å². The molecule has 0 unspecified atom stereocenters. The minimum Gasteiger partial charge on any atom is -0.267 e. The number of carbonyl (C=O) groups is 1. The Bertz CT molecular complexity index is 649. The van der Waals surface area contributed by atoms with E-state index >= 15 is 0 Å². The van der Waals surface area contributed by atoms with Gasteiger partial charge in [0.1, 0.15) is 0 Å². The lowest BCUT2D eigenvalue weighted by atomic mass is 9.80. The van der Waals surface area contributed by atoms with Gasteiger partial charge in [-0.25, -0.2) is 5.43 Å². The van der Waals surface area contributed by atoms with Gasteiger partial charge in [0.15, 0.2) is 0 Å². The van der Waals surface area contributed by atoms with Crippen molar-refractivity contribution in [1.82, 2.24) is 10.4 Å². The quantitative estimate of drug-likeness (QED) is 0.677. The Labute approximate surface area is 131 Å². The third kappa shape index (κ3) is 4.25. The summed E-state index contributed by atoms with van der Waals surface area (Å²) in [5.74, 6) is -0.223. The normalized spacial score (nSPS) is 12.0. The number of hydrazone groups is 1. The van der Waals surface area contributed by atoms with Crippen molar-refractivity contribution in [3.63, 3.8) is 0 Å². The molecule has 1 heterocycles. The zero-order valence-electron chi connectivity index (χ0n) is 13.2. The summed E-state index contributed by atoms with van der Waals surface area (Å²) in [6.45, 7) is 6.27. The molecule has 1 aromatic heterocycles. The first-order valence-corrected chi connectivity index (χ1v) is 7.28. The number of benzene rings is 1. The minimum absolute atomic E-state index is 0.0315. The summed E-state index contributed by atoms with van der Waals surface area (Å²) < 4.78 is 0. The molecule has 22 heavy (non-hydrogen) atoms. The van der Waals surface area contributed by atoms with Crippen LogP contribution in [0.15, 0.2) is 60.0 Å². The summed E-state index contributed by atoms with van der Waals surface area (Å²) in [5, 5.41) is 4.21. The van der Waals surface area contributed by atoms with Gasteiger partial charge in [-0.15, -0.1) is 0 Å². The first-order valence-electron chi connectivity index (χ1n) is 7.28. The number of nitrogens with zero attached hydrogens (tertiary/aromatic N) is 2. The summed E-state index contributed by atoms with van der Waals surface area (Å²) in [5.41, 5.74) is 5.25. The van der Waals surface area contributed by atoms with Gasteiger partial charge in [0.25, 0.3) is 5.91 Å². The molecular formula is C18H21N3O. The Balaban J connectivity index is 2.00. The number of nitrogens with one attached hydrogen (secondary N) is 1.